The van der Waals surface area contributed by atoms with E-state index < -0.39 is 0 Å². The van der Waals surface area contributed by atoms with Crippen LogP contribution < -0.4 is 5.32 Å². The third kappa shape index (κ3) is 4.07. The monoisotopic (exact) mass is 386 g/mol. The molecule has 0 aliphatic carbocycles. The standard InChI is InChI=1S/C20H22N4O2.ClH/c1-15-8-9-18(26-15)19-17(20(25)23-12-5-10-21-11-13-23)14-24(22-19)16-6-3-2-4-7-16;/h2-4,6-9,14,21H,5,10-13H2,1H3;1H. The van der Waals surface area contributed by atoms with Crippen LogP contribution in [-0.4, -0.2) is 46.8 Å². The third-order valence-electron chi connectivity index (χ3n) is 4.57. The molecule has 3 aromatic rings. The predicted molar refractivity (Wildman–Crippen MR) is 107 cm³/mol. The van der Waals surface area contributed by atoms with E-state index in [-0.39, 0.29) is 18.3 Å². The van der Waals surface area contributed by atoms with Crippen molar-refractivity contribution in [3.63, 3.8) is 0 Å². The van der Waals surface area contributed by atoms with Crippen molar-refractivity contribution in [3.05, 3.63) is 60.0 Å². The Bertz CT molecular complexity index is 896. The first-order valence-electron chi connectivity index (χ1n) is 8.94. The summed E-state index contributed by atoms with van der Waals surface area (Å²) in [6.07, 6.45) is 2.76. The first-order valence-corrected chi connectivity index (χ1v) is 8.94. The van der Waals surface area contributed by atoms with E-state index in [1.165, 1.54) is 0 Å². The maximum Gasteiger partial charge on any atom is 0.257 e. The van der Waals surface area contributed by atoms with Gasteiger partial charge in [0, 0.05) is 25.8 Å². The average molecular weight is 387 g/mol. The molecule has 0 spiro atoms. The Balaban J connectivity index is 0.00000210. The number of hydrogen-bond donors (Lipinski definition) is 1. The minimum atomic E-state index is -0.0000609. The number of carbonyl (C=O) groups is 1. The van der Waals surface area contributed by atoms with E-state index in [0.29, 0.717) is 23.6 Å². The summed E-state index contributed by atoms with van der Waals surface area (Å²) >= 11 is 0. The summed E-state index contributed by atoms with van der Waals surface area (Å²) in [6, 6.07) is 13.6. The second-order valence-corrected chi connectivity index (χ2v) is 6.48. The first-order chi connectivity index (χ1) is 12.7. The van der Waals surface area contributed by atoms with Crippen LogP contribution in [0.3, 0.4) is 0 Å². The van der Waals surface area contributed by atoms with Crippen LogP contribution in [0.25, 0.3) is 17.1 Å². The van der Waals surface area contributed by atoms with Crippen molar-refractivity contribution in [2.75, 3.05) is 26.2 Å². The molecule has 1 saturated heterocycles. The topological polar surface area (TPSA) is 63.3 Å². The highest BCUT2D eigenvalue weighted by atomic mass is 35.5. The van der Waals surface area contributed by atoms with Crippen molar-refractivity contribution in [1.29, 1.82) is 0 Å². The summed E-state index contributed by atoms with van der Waals surface area (Å²) in [5.74, 6) is 1.42. The van der Waals surface area contributed by atoms with Gasteiger partial charge in [-0.15, -0.1) is 12.4 Å². The number of furan rings is 1. The zero-order chi connectivity index (χ0) is 17.9. The zero-order valence-electron chi connectivity index (χ0n) is 15.2. The summed E-state index contributed by atoms with van der Waals surface area (Å²) in [7, 11) is 0. The van der Waals surface area contributed by atoms with Gasteiger partial charge in [-0.05, 0) is 44.2 Å². The highest BCUT2D eigenvalue weighted by Crippen LogP contribution is 2.27. The summed E-state index contributed by atoms with van der Waals surface area (Å²) in [6.45, 7) is 5.09. The molecule has 142 valence electrons. The number of rotatable bonds is 3. The van der Waals surface area contributed by atoms with Gasteiger partial charge in [-0.25, -0.2) is 4.68 Å². The highest BCUT2D eigenvalue weighted by Gasteiger charge is 2.25. The van der Waals surface area contributed by atoms with Gasteiger partial charge in [0.2, 0.25) is 0 Å². The van der Waals surface area contributed by atoms with E-state index in [9.17, 15) is 4.79 Å². The van der Waals surface area contributed by atoms with E-state index in [1.807, 2.05) is 60.5 Å². The van der Waals surface area contributed by atoms with E-state index in [4.69, 9.17) is 4.42 Å². The van der Waals surface area contributed by atoms with Crippen LogP contribution in [0.2, 0.25) is 0 Å². The second kappa shape index (κ2) is 8.41. The molecular weight excluding hydrogens is 364 g/mol. The minimum Gasteiger partial charge on any atom is -0.460 e. The van der Waals surface area contributed by atoms with Gasteiger partial charge in [0.15, 0.2) is 5.76 Å². The van der Waals surface area contributed by atoms with Gasteiger partial charge in [-0.2, -0.15) is 5.10 Å². The zero-order valence-corrected chi connectivity index (χ0v) is 16.0. The lowest BCUT2D eigenvalue weighted by Gasteiger charge is -2.19. The Hall–Kier alpha value is -2.57. The normalized spacial score (nSPS) is 14.5. The quantitative estimate of drug-likeness (QED) is 0.750. The number of amides is 1. The molecule has 0 radical (unpaired) electrons. The molecule has 1 amide bonds. The Morgan fingerprint density at radius 2 is 1.93 bits per heavy atom. The lowest BCUT2D eigenvalue weighted by atomic mass is 10.2. The number of halogens is 1. The number of aryl methyl sites for hydroxylation is 1. The number of aromatic nitrogens is 2. The van der Waals surface area contributed by atoms with Crippen LogP contribution in [0.15, 0.2) is 53.1 Å². The van der Waals surface area contributed by atoms with E-state index in [1.54, 1.807) is 4.68 Å². The third-order valence-corrected chi connectivity index (χ3v) is 4.57. The van der Waals surface area contributed by atoms with Crippen LogP contribution in [0, 0.1) is 6.92 Å². The second-order valence-electron chi connectivity index (χ2n) is 6.48. The van der Waals surface area contributed by atoms with Gasteiger partial charge < -0.3 is 14.6 Å². The van der Waals surface area contributed by atoms with Gasteiger partial charge >= 0.3 is 0 Å². The van der Waals surface area contributed by atoms with Gasteiger partial charge in [0.25, 0.3) is 5.91 Å². The molecule has 3 heterocycles. The number of para-hydroxylation sites is 1. The maximum atomic E-state index is 13.2. The van der Waals surface area contributed by atoms with Crippen molar-refractivity contribution < 1.29 is 9.21 Å². The molecule has 0 unspecified atom stereocenters. The van der Waals surface area contributed by atoms with Crippen LogP contribution in [0.4, 0.5) is 0 Å². The molecule has 0 bridgehead atoms. The largest absolute Gasteiger partial charge is 0.460 e. The molecule has 7 heteroatoms. The van der Waals surface area contributed by atoms with Crippen LogP contribution in [0.5, 0.6) is 0 Å². The Kier molecular flexibility index (Phi) is 5.98. The van der Waals surface area contributed by atoms with Crippen molar-refractivity contribution in [3.8, 4) is 17.1 Å². The predicted octanol–water partition coefficient (Wildman–Crippen LogP) is 3.30. The Labute approximate surface area is 164 Å². The molecule has 1 aromatic carbocycles. The molecule has 1 aliphatic rings. The smallest absolute Gasteiger partial charge is 0.257 e. The molecule has 1 N–H and O–H groups in total. The van der Waals surface area contributed by atoms with Crippen molar-refractivity contribution in [2.45, 2.75) is 13.3 Å². The number of nitrogens with one attached hydrogen (secondary N) is 1. The molecule has 0 atom stereocenters. The van der Waals surface area contributed by atoms with Gasteiger partial charge in [-0.1, -0.05) is 18.2 Å². The van der Waals surface area contributed by atoms with Crippen LogP contribution in [0.1, 0.15) is 22.5 Å². The summed E-state index contributed by atoms with van der Waals surface area (Å²) in [5, 5.41) is 7.99. The fourth-order valence-corrected chi connectivity index (χ4v) is 3.21. The summed E-state index contributed by atoms with van der Waals surface area (Å²) in [4.78, 5) is 15.1. The number of nitrogens with zero attached hydrogens (tertiary/aromatic N) is 3. The maximum absolute atomic E-state index is 13.2. The first kappa shape index (κ1) is 19.2. The van der Waals surface area contributed by atoms with Gasteiger partial charge in [-0.3, -0.25) is 4.79 Å². The van der Waals surface area contributed by atoms with E-state index in [2.05, 4.69) is 10.4 Å². The fraction of sp³-hybridized carbons (Fsp3) is 0.300. The number of hydrogen-bond acceptors (Lipinski definition) is 4. The fourth-order valence-electron chi connectivity index (χ4n) is 3.21. The van der Waals surface area contributed by atoms with Crippen molar-refractivity contribution in [2.24, 2.45) is 0 Å². The minimum absolute atomic E-state index is 0. The van der Waals surface area contributed by atoms with Crippen molar-refractivity contribution >= 4 is 18.3 Å². The van der Waals surface area contributed by atoms with Gasteiger partial charge in [0.05, 0.1) is 11.3 Å². The van der Waals surface area contributed by atoms with Crippen LogP contribution in [-0.2, 0) is 0 Å². The number of benzene rings is 1. The average Bonchev–Trinajstić information content (AvgIpc) is 3.20. The van der Waals surface area contributed by atoms with Gasteiger partial charge in [0.1, 0.15) is 11.5 Å². The lowest BCUT2D eigenvalue weighted by molar-refractivity contribution is 0.0767. The molecule has 1 aliphatic heterocycles. The highest BCUT2D eigenvalue weighted by molar-refractivity contribution is 5.99. The van der Waals surface area contributed by atoms with Crippen LogP contribution >= 0.6 is 12.4 Å². The lowest BCUT2D eigenvalue weighted by Crippen LogP contribution is -2.34. The molecule has 0 saturated carbocycles. The summed E-state index contributed by atoms with van der Waals surface area (Å²) in [5.41, 5.74) is 2.07. The van der Waals surface area contributed by atoms with Crippen molar-refractivity contribution in [1.82, 2.24) is 20.0 Å². The molecule has 2 aromatic heterocycles. The molecule has 6 nitrogen and oxygen atoms in total. The number of carbonyl (C=O) groups excluding carboxylic acids is 1. The molecule has 1 fully saturated rings. The Morgan fingerprint density at radius 1 is 1.11 bits per heavy atom. The summed E-state index contributed by atoms with van der Waals surface area (Å²) < 4.78 is 7.51. The SMILES string of the molecule is Cc1ccc(-c2nn(-c3ccccc3)cc2C(=O)N2CCCNCC2)o1.Cl. The molecular formula is C20H23ClN4O2. The van der Waals surface area contributed by atoms with E-state index >= 15 is 0 Å². The molecule has 27 heavy (non-hydrogen) atoms. The Morgan fingerprint density at radius 3 is 2.67 bits per heavy atom. The molecule has 4 rings (SSSR count). The van der Waals surface area contributed by atoms with E-state index in [0.717, 1.165) is 37.5 Å².